The van der Waals surface area contributed by atoms with Gasteiger partial charge >= 0.3 is 0 Å². The molecule has 7 rings (SSSR count). The Morgan fingerprint density at radius 1 is 0.605 bits per heavy atom. The molecule has 2 aromatic heterocycles. The molecular formula is C33H22BrN3O. The molecule has 4 nitrogen and oxygen atoms in total. The Morgan fingerprint density at radius 3 is 2.00 bits per heavy atom. The SMILES string of the molecule is Brc1ccc(-c2ccc(-c3nc(C4=CC=CCC4)nc(-c4ccc5oc6ccccc6c5c4)n3)cc2)cc1. The molecule has 1 aliphatic carbocycles. The van der Waals surface area contributed by atoms with E-state index in [9.17, 15) is 0 Å². The molecule has 0 saturated heterocycles. The topological polar surface area (TPSA) is 51.8 Å². The van der Waals surface area contributed by atoms with Crippen molar-refractivity contribution in [3.8, 4) is 33.9 Å². The fourth-order valence-corrected chi connectivity index (χ4v) is 5.15. The van der Waals surface area contributed by atoms with Crippen LogP contribution in [0.25, 0.3) is 61.4 Å². The van der Waals surface area contributed by atoms with Crippen molar-refractivity contribution in [2.75, 3.05) is 0 Å². The number of hydrogen-bond acceptors (Lipinski definition) is 4. The van der Waals surface area contributed by atoms with Crippen LogP contribution >= 0.6 is 15.9 Å². The molecule has 0 atom stereocenters. The molecule has 0 aliphatic heterocycles. The van der Waals surface area contributed by atoms with Crippen LogP contribution in [-0.4, -0.2) is 15.0 Å². The third-order valence-electron chi connectivity index (χ3n) is 6.89. The van der Waals surface area contributed by atoms with E-state index in [2.05, 4.69) is 94.8 Å². The molecule has 182 valence electrons. The van der Waals surface area contributed by atoms with Crippen molar-refractivity contribution in [3.05, 3.63) is 120 Å². The van der Waals surface area contributed by atoms with Crippen molar-refractivity contribution < 1.29 is 4.42 Å². The summed E-state index contributed by atoms with van der Waals surface area (Å²) in [6.07, 6.45) is 8.25. The summed E-state index contributed by atoms with van der Waals surface area (Å²) in [7, 11) is 0. The molecule has 0 bridgehead atoms. The summed E-state index contributed by atoms with van der Waals surface area (Å²) in [4.78, 5) is 14.8. The van der Waals surface area contributed by atoms with Gasteiger partial charge in [-0.3, -0.25) is 0 Å². The molecular weight excluding hydrogens is 534 g/mol. The zero-order valence-corrected chi connectivity index (χ0v) is 22.0. The third-order valence-corrected chi connectivity index (χ3v) is 7.42. The number of halogens is 1. The number of hydrogen-bond donors (Lipinski definition) is 0. The van der Waals surface area contributed by atoms with E-state index in [4.69, 9.17) is 19.4 Å². The smallest absolute Gasteiger partial charge is 0.164 e. The van der Waals surface area contributed by atoms with Crippen LogP contribution in [0.2, 0.25) is 0 Å². The minimum absolute atomic E-state index is 0.657. The van der Waals surface area contributed by atoms with E-state index in [0.29, 0.717) is 11.6 Å². The van der Waals surface area contributed by atoms with E-state index >= 15 is 0 Å². The van der Waals surface area contributed by atoms with Gasteiger partial charge in [-0.25, -0.2) is 15.0 Å². The van der Waals surface area contributed by atoms with E-state index in [1.165, 1.54) is 0 Å². The standard InChI is InChI=1S/C33H22BrN3O/c34-26-17-14-22(15-18-26)21-10-12-24(13-11-21)32-35-31(23-6-2-1-3-7-23)36-33(37-32)25-16-19-30-28(20-25)27-8-4-5-9-29(27)38-30/h1-2,4-6,8-20H,3,7H2. The third kappa shape index (κ3) is 4.25. The van der Waals surface area contributed by atoms with Gasteiger partial charge in [0.15, 0.2) is 17.5 Å². The van der Waals surface area contributed by atoms with E-state index < -0.39 is 0 Å². The van der Waals surface area contributed by atoms with E-state index in [-0.39, 0.29) is 0 Å². The average molecular weight is 556 g/mol. The first-order valence-electron chi connectivity index (χ1n) is 12.6. The van der Waals surface area contributed by atoms with E-state index in [1.807, 2.05) is 30.3 Å². The Bertz CT molecular complexity index is 1870. The molecule has 5 heteroatoms. The maximum Gasteiger partial charge on any atom is 0.164 e. The Balaban J connectivity index is 1.35. The molecule has 1 aliphatic rings. The van der Waals surface area contributed by atoms with Gasteiger partial charge in [0.25, 0.3) is 0 Å². The zero-order valence-electron chi connectivity index (χ0n) is 20.4. The van der Waals surface area contributed by atoms with Crippen molar-refractivity contribution >= 4 is 43.4 Å². The summed E-state index contributed by atoms with van der Waals surface area (Å²) >= 11 is 3.51. The second-order valence-electron chi connectivity index (χ2n) is 9.36. The lowest BCUT2D eigenvalue weighted by molar-refractivity contribution is 0.669. The van der Waals surface area contributed by atoms with Gasteiger partial charge in [-0.2, -0.15) is 0 Å². The van der Waals surface area contributed by atoms with E-state index in [0.717, 1.165) is 72.9 Å². The molecule has 0 saturated carbocycles. The largest absolute Gasteiger partial charge is 0.456 e. The summed E-state index contributed by atoms with van der Waals surface area (Å²) in [5.41, 5.74) is 7.06. The van der Waals surface area contributed by atoms with Gasteiger partial charge in [0.1, 0.15) is 11.2 Å². The highest BCUT2D eigenvalue weighted by Crippen LogP contribution is 2.33. The second-order valence-corrected chi connectivity index (χ2v) is 10.3. The molecule has 0 N–H and O–H groups in total. The lowest BCUT2D eigenvalue weighted by Crippen LogP contribution is -2.03. The lowest BCUT2D eigenvalue weighted by Gasteiger charge is -2.12. The Labute approximate surface area is 228 Å². The monoisotopic (exact) mass is 555 g/mol. The predicted molar refractivity (Wildman–Crippen MR) is 157 cm³/mol. The summed E-state index contributed by atoms with van der Waals surface area (Å²) in [5.74, 6) is 2.05. The Morgan fingerprint density at radius 2 is 1.24 bits per heavy atom. The maximum atomic E-state index is 6.04. The van der Waals surface area contributed by atoms with Crippen LogP contribution < -0.4 is 0 Å². The molecule has 4 aromatic carbocycles. The summed E-state index contributed by atoms with van der Waals surface area (Å²) in [5, 5.41) is 2.14. The summed E-state index contributed by atoms with van der Waals surface area (Å²) in [6.45, 7) is 0. The van der Waals surface area contributed by atoms with Gasteiger partial charge in [0.2, 0.25) is 0 Å². The minimum Gasteiger partial charge on any atom is -0.456 e. The number of para-hydroxylation sites is 1. The first-order chi connectivity index (χ1) is 18.7. The number of aromatic nitrogens is 3. The van der Waals surface area contributed by atoms with Crippen molar-refractivity contribution in [3.63, 3.8) is 0 Å². The molecule has 6 aromatic rings. The molecule has 0 radical (unpaired) electrons. The summed E-state index contributed by atoms with van der Waals surface area (Å²) < 4.78 is 7.10. The molecule has 0 spiro atoms. The quantitative estimate of drug-likeness (QED) is 0.217. The number of fused-ring (bicyclic) bond motifs is 3. The van der Waals surface area contributed by atoms with Crippen molar-refractivity contribution in [2.45, 2.75) is 12.8 Å². The van der Waals surface area contributed by atoms with Gasteiger partial charge in [-0.05, 0) is 65.9 Å². The van der Waals surface area contributed by atoms with Crippen LogP contribution in [0.3, 0.4) is 0 Å². The van der Waals surface area contributed by atoms with Crippen LogP contribution in [0, 0.1) is 0 Å². The summed E-state index contributed by atoms with van der Waals surface area (Å²) in [6, 6.07) is 31.0. The zero-order chi connectivity index (χ0) is 25.5. The van der Waals surface area contributed by atoms with Gasteiger partial charge in [0, 0.05) is 26.4 Å². The fraction of sp³-hybridized carbons (Fsp3) is 0.0606. The van der Waals surface area contributed by atoms with Crippen molar-refractivity contribution in [1.82, 2.24) is 15.0 Å². The first kappa shape index (κ1) is 22.8. The number of furan rings is 1. The molecule has 2 heterocycles. The van der Waals surface area contributed by atoms with Crippen LogP contribution in [-0.2, 0) is 0 Å². The van der Waals surface area contributed by atoms with Crippen molar-refractivity contribution in [1.29, 1.82) is 0 Å². The van der Waals surface area contributed by atoms with Crippen LogP contribution in [0.5, 0.6) is 0 Å². The van der Waals surface area contributed by atoms with Gasteiger partial charge in [-0.1, -0.05) is 88.8 Å². The van der Waals surface area contributed by atoms with Crippen LogP contribution in [0.15, 0.2) is 118 Å². The lowest BCUT2D eigenvalue weighted by atomic mass is 10.0. The maximum absolute atomic E-state index is 6.04. The fourth-order valence-electron chi connectivity index (χ4n) is 4.89. The van der Waals surface area contributed by atoms with Gasteiger partial charge < -0.3 is 4.42 Å². The van der Waals surface area contributed by atoms with Crippen LogP contribution in [0.1, 0.15) is 18.7 Å². The van der Waals surface area contributed by atoms with Crippen molar-refractivity contribution in [2.24, 2.45) is 0 Å². The molecule has 0 fully saturated rings. The highest BCUT2D eigenvalue weighted by molar-refractivity contribution is 9.10. The Hall–Kier alpha value is -4.35. The number of allylic oxidation sites excluding steroid dienone is 4. The second kappa shape index (κ2) is 9.51. The molecule has 38 heavy (non-hydrogen) atoms. The number of nitrogens with zero attached hydrogens (tertiary/aromatic N) is 3. The first-order valence-corrected chi connectivity index (χ1v) is 13.4. The predicted octanol–water partition coefficient (Wildman–Crippen LogP) is 9.27. The molecule has 0 amide bonds. The highest BCUT2D eigenvalue weighted by Gasteiger charge is 2.16. The number of rotatable bonds is 4. The average Bonchev–Trinajstić information content (AvgIpc) is 3.36. The minimum atomic E-state index is 0.657. The number of benzene rings is 4. The van der Waals surface area contributed by atoms with Gasteiger partial charge in [-0.15, -0.1) is 0 Å². The van der Waals surface area contributed by atoms with E-state index in [1.54, 1.807) is 0 Å². The van der Waals surface area contributed by atoms with Gasteiger partial charge in [0.05, 0.1) is 0 Å². The highest BCUT2D eigenvalue weighted by atomic mass is 79.9. The van der Waals surface area contributed by atoms with Crippen LogP contribution in [0.4, 0.5) is 0 Å². The Kier molecular flexibility index (Phi) is 5.71. The molecule has 0 unspecified atom stereocenters. The normalized spacial score (nSPS) is 13.2.